The zero-order chi connectivity index (χ0) is 17.5. The Morgan fingerprint density at radius 2 is 1.70 bits per heavy atom. The van der Waals surface area contributed by atoms with Crippen molar-refractivity contribution in [2.24, 2.45) is 0 Å². The molecule has 1 unspecified atom stereocenters. The standard InChI is InChI=1S/C10H3Cl5N2O6/c11-8(12)7-4-1-3(16(18)19)2-5(17(20)21)6(4)22-9(23-7)10(13,14)15/h1-2,9H. The lowest BCUT2D eigenvalue weighted by Crippen LogP contribution is -2.37. The van der Waals surface area contributed by atoms with Crippen LogP contribution in [-0.4, -0.2) is 19.9 Å². The van der Waals surface area contributed by atoms with Crippen LogP contribution in [0.4, 0.5) is 11.4 Å². The SMILES string of the molecule is O=[N+]([O-])c1cc2c(c([N+](=O)[O-])c1)OC(C(Cl)(Cl)Cl)OC2=C(Cl)Cl. The van der Waals surface area contributed by atoms with Gasteiger partial charge in [-0.05, 0) is 0 Å². The predicted octanol–water partition coefficient (Wildman–Crippen LogP) is 4.71. The molecule has 23 heavy (non-hydrogen) atoms. The third-order valence-electron chi connectivity index (χ3n) is 2.59. The molecule has 0 saturated heterocycles. The van der Waals surface area contributed by atoms with Crippen LogP contribution >= 0.6 is 58.0 Å². The molecule has 0 spiro atoms. The van der Waals surface area contributed by atoms with Crippen molar-refractivity contribution in [3.8, 4) is 5.75 Å². The number of ether oxygens (including phenoxy) is 2. The number of nitro groups is 2. The fourth-order valence-corrected chi connectivity index (χ4v) is 2.27. The molecule has 0 aromatic heterocycles. The van der Waals surface area contributed by atoms with E-state index in [9.17, 15) is 20.2 Å². The van der Waals surface area contributed by atoms with Crippen LogP contribution in [-0.2, 0) is 4.74 Å². The molecule has 13 heteroatoms. The quantitative estimate of drug-likeness (QED) is 0.387. The second-order valence-corrected chi connectivity index (χ2v) is 7.37. The highest BCUT2D eigenvalue weighted by molar-refractivity contribution is 6.68. The highest BCUT2D eigenvalue weighted by Crippen LogP contribution is 2.48. The fourth-order valence-electron chi connectivity index (χ4n) is 1.71. The number of alkyl halides is 3. The van der Waals surface area contributed by atoms with Crippen molar-refractivity contribution in [2.45, 2.75) is 10.1 Å². The summed E-state index contributed by atoms with van der Waals surface area (Å²) in [7, 11) is 0. The van der Waals surface area contributed by atoms with Gasteiger partial charge >= 0.3 is 5.69 Å². The summed E-state index contributed by atoms with van der Waals surface area (Å²) in [6, 6.07) is 1.64. The Morgan fingerprint density at radius 3 is 2.13 bits per heavy atom. The zero-order valence-corrected chi connectivity index (χ0v) is 14.2. The normalized spacial score (nSPS) is 16.9. The topological polar surface area (TPSA) is 105 Å². The van der Waals surface area contributed by atoms with E-state index in [4.69, 9.17) is 67.5 Å². The lowest BCUT2D eigenvalue weighted by Gasteiger charge is -2.31. The Bertz CT molecular complexity index is 727. The molecule has 0 radical (unpaired) electrons. The van der Waals surface area contributed by atoms with Gasteiger partial charge in [0.25, 0.3) is 15.8 Å². The monoisotopic (exact) mass is 422 g/mol. The molecule has 1 heterocycles. The van der Waals surface area contributed by atoms with Gasteiger partial charge in [-0.25, -0.2) is 0 Å². The summed E-state index contributed by atoms with van der Waals surface area (Å²) < 4.78 is 7.71. The van der Waals surface area contributed by atoms with Crippen molar-refractivity contribution in [1.29, 1.82) is 0 Å². The molecular weight excluding hydrogens is 421 g/mol. The first-order chi connectivity index (χ1) is 10.5. The van der Waals surface area contributed by atoms with Crippen molar-refractivity contribution >= 4 is 75.1 Å². The molecule has 0 fully saturated rings. The van der Waals surface area contributed by atoms with E-state index in [1.54, 1.807) is 0 Å². The Morgan fingerprint density at radius 1 is 1.09 bits per heavy atom. The van der Waals surface area contributed by atoms with Gasteiger partial charge in [0, 0.05) is 6.07 Å². The van der Waals surface area contributed by atoms with Crippen molar-refractivity contribution < 1.29 is 19.3 Å². The van der Waals surface area contributed by atoms with Crippen LogP contribution in [0.2, 0.25) is 0 Å². The number of non-ortho nitro benzene ring substituents is 1. The van der Waals surface area contributed by atoms with Crippen molar-refractivity contribution in [3.05, 3.63) is 42.4 Å². The zero-order valence-electron chi connectivity index (χ0n) is 10.5. The van der Waals surface area contributed by atoms with Gasteiger partial charge in [0.05, 0.1) is 21.5 Å². The third-order valence-corrected chi connectivity index (χ3v) is 3.47. The van der Waals surface area contributed by atoms with Crippen molar-refractivity contribution in [1.82, 2.24) is 0 Å². The van der Waals surface area contributed by atoms with E-state index in [1.165, 1.54) is 0 Å². The van der Waals surface area contributed by atoms with Crippen molar-refractivity contribution in [2.75, 3.05) is 0 Å². The highest BCUT2D eigenvalue weighted by Gasteiger charge is 2.44. The molecule has 1 aliphatic heterocycles. The molecule has 124 valence electrons. The minimum atomic E-state index is -2.14. The van der Waals surface area contributed by atoms with Crippen LogP contribution in [0.5, 0.6) is 5.75 Å². The maximum absolute atomic E-state index is 11.2. The van der Waals surface area contributed by atoms with Crippen LogP contribution in [0.15, 0.2) is 16.6 Å². The number of nitro benzene ring substituents is 2. The summed E-state index contributed by atoms with van der Waals surface area (Å²) in [5.41, 5.74) is -1.54. The second kappa shape index (κ2) is 6.37. The molecule has 0 aliphatic carbocycles. The van der Waals surface area contributed by atoms with Gasteiger partial charge in [0.2, 0.25) is 5.75 Å². The maximum atomic E-state index is 11.2. The van der Waals surface area contributed by atoms with Crippen LogP contribution in [0.3, 0.4) is 0 Å². The molecule has 2 rings (SSSR count). The van der Waals surface area contributed by atoms with E-state index in [1.807, 2.05) is 0 Å². The molecule has 1 atom stereocenters. The lowest BCUT2D eigenvalue weighted by atomic mass is 10.1. The molecular formula is C10H3Cl5N2O6. The summed E-state index contributed by atoms with van der Waals surface area (Å²) in [6.45, 7) is 0. The minimum absolute atomic E-state index is 0.212. The average Bonchev–Trinajstić information content (AvgIpc) is 2.43. The molecule has 0 N–H and O–H groups in total. The van der Waals surface area contributed by atoms with E-state index in [0.29, 0.717) is 6.07 Å². The fraction of sp³-hybridized carbons (Fsp3) is 0.200. The highest BCUT2D eigenvalue weighted by atomic mass is 35.6. The molecule has 8 nitrogen and oxygen atoms in total. The Labute approximate surface area is 152 Å². The van der Waals surface area contributed by atoms with E-state index < -0.39 is 41.5 Å². The number of hydrogen-bond acceptors (Lipinski definition) is 6. The first-order valence-electron chi connectivity index (χ1n) is 5.45. The first kappa shape index (κ1) is 18.2. The predicted molar refractivity (Wildman–Crippen MR) is 84.2 cm³/mol. The smallest absolute Gasteiger partial charge is 0.318 e. The molecule has 1 aromatic rings. The molecule has 0 bridgehead atoms. The van der Waals surface area contributed by atoms with E-state index in [-0.39, 0.29) is 11.3 Å². The Hall–Kier alpha value is -1.19. The number of rotatable bonds is 2. The maximum Gasteiger partial charge on any atom is 0.318 e. The van der Waals surface area contributed by atoms with Gasteiger partial charge in [-0.1, -0.05) is 58.0 Å². The number of hydrogen-bond donors (Lipinski definition) is 0. The van der Waals surface area contributed by atoms with Crippen LogP contribution in [0.1, 0.15) is 5.56 Å². The third kappa shape index (κ3) is 3.67. The summed E-state index contributed by atoms with van der Waals surface area (Å²) >= 11 is 28.3. The van der Waals surface area contributed by atoms with E-state index in [0.717, 1.165) is 6.07 Å². The second-order valence-electron chi connectivity index (χ2n) is 4.05. The van der Waals surface area contributed by atoms with E-state index >= 15 is 0 Å². The van der Waals surface area contributed by atoms with Gasteiger partial charge in [-0.2, -0.15) is 0 Å². The Balaban J connectivity index is 2.76. The van der Waals surface area contributed by atoms with Crippen molar-refractivity contribution in [3.63, 3.8) is 0 Å². The largest absolute Gasteiger partial charge is 0.447 e. The Kier molecular flexibility index (Phi) is 5.03. The molecule has 0 amide bonds. The van der Waals surface area contributed by atoms with Crippen LogP contribution in [0.25, 0.3) is 5.76 Å². The van der Waals surface area contributed by atoms with E-state index in [2.05, 4.69) is 0 Å². The van der Waals surface area contributed by atoms with Crippen LogP contribution < -0.4 is 4.74 Å². The first-order valence-corrected chi connectivity index (χ1v) is 7.34. The molecule has 1 aromatic carbocycles. The van der Waals surface area contributed by atoms with Gasteiger partial charge in [-0.15, -0.1) is 0 Å². The summed E-state index contributed by atoms with van der Waals surface area (Å²) in [6.07, 6.45) is -1.61. The van der Waals surface area contributed by atoms with Gasteiger partial charge in [0.1, 0.15) is 4.49 Å². The van der Waals surface area contributed by atoms with Gasteiger partial charge in [0.15, 0.2) is 5.76 Å². The average molecular weight is 424 g/mol. The number of halogens is 5. The van der Waals surface area contributed by atoms with Gasteiger partial charge in [-0.3, -0.25) is 20.2 Å². The lowest BCUT2D eigenvalue weighted by molar-refractivity contribution is -0.395. The van der Waals surface area contributed by atoms with Crippen LogP contribution in [0, 0.1) is 20.2 Å². The number of benzene rings is 1. The molecule has 0 saturated carbocycles. The number of fused-ring (bicyclic) bond motifs is 1. The summed E-state index contributed by atoms with van der Waals surface area (Å²) in [5, 5.41) is 22.1. The molecule has 1 aliphatic rings. The summed E-state index contributed by atoms with van der Waals surface area (Å²) in [4.78, 5) is 20.3. The van der Waals surface area contributed by atoms with Gasteiger partial charge < -0.3 is 9.47 Å². The minimum Gasteiger partial charge on any atom is -0.447 e. The summed E-state index contributed by atoms with van der Waals surface area (Å²) in [5.74, 6) is -0.769. The number of nitrogens with zero attached hydrogens (tertiary/aromatic N) is 2.